The van der Waals surface area contributed by atoms with Crippen LogP contribution in [0.5, 0.6) is 11.5 Å². The molecule has 2 aliphatic rings. The van der Waals surface area contributed by atoms with Gasteiger partial charge in [-0.2, -0.15) is 0 Å². The minimum absolute atomic E-state index is 0.250. The Morgan fingerprint density at radius 1 is 1.29 bits per heavy atom. The molecule has 140 valence electrons. The normalized spacial score (nSPS) is 17.4. The number of nitrogens with zero attached hydrogens (tertiary/aromatic N) is 1. The van der Waals surface area contributed by atoms with Crippen molar-refractivity contribution >= 4 is 51.9 Å². The second-order valence-electron chi connectivity index (χ2n) is 6.05. The van der Waals surface area contributed by atoms with Gasteiger partial charge in [0.25, 0.3) is 5.91 Å². The number of carbonyl (C=O) groups is 2. The predicted octanol–water partition coefficient (Wildman–Crippen LogP) is 3.18. The van der Waals surface area contributed by atoms with Crippen molar-refractivity contribution in [3.05, 3.63) is 70.1 Å². The molecule has 0 aromatic heterocycles. The molecule has 0 unspecified atom stereocenters. The van der Waals surface area contributed by atoms with E-state index in [9.17, 15) is 14.7 Å². The van der Waals surface area contributed by atoms with Crippen molar-refractivity contribution in [2.24, 2.45) is 0 Å². The van der Waals surface area contributed by atoms with Crippen molar-refractivity contribution < 1.29 is 24.5 Å². The Morgan fingerprint density at radius 2 is 2.07 bits per heavy atom. The number of benzene rings is 2. The third-order valence-electron chi connectivity index (χ3n) is 4.22. The standard InChI is InChI=1S/C20H13NO5S2/c22-15-9-13(5-6-14(15)19(24)25)21-18(23)17(28-20(21)27)8-11-7-12-3-1-2-4-16(12)26-10-11/h1-9,22H,10H2,(H,24,25)/p-1/b17-8+. The summed E-state index contributed by atoms with van der Waals surface area (Å²) in [6.07, 6.45) is 3.67. The van der Waals surface area contributed by atoms with Gasteiger partial charge in [0, 0.05) is 5.56 Å². The number of carboxylic acids is 1. The number of hydrogen-bond acceptors (Lipinski definition) is 6. The number of carbonyl (C=O) groups excluding carboxylic acids is 1. The summed E-state index contributed by atoms with van der Waals surface area (Å²) in [6.45, 7) is 0.332. The molecule has 1 saturated heterocycles. The Kier molecular flexibility index (Phi) is 4.66. The van der Waals surface area contributed by atoms with Gasteiger partial charge in [-0.15, -0.1) is 0 Å². The number of thioether (sulfide) groups is 1. The van der Waals surface area contributed by atoms with E-state index in [0.29, 0.717) is 11.5 Å². The Morgan fingerprint density at radius 3 is 2.82 bits per heavy atom. The molecule has 1 N–H and O–H groups in total. The van der Waals surface area contributed by atoms with Crippen molar-refractivity contribution in [3.63, 3.8) is 0 Å². The van der Waals surface area contributed by atoms with E-state index in [1.807, 2.05) is 30.3 Å². The number of hydrogen-bond donors (Lipinski definition) is 1. The first-order valence-corrected chi connectivity index (χ1v) is 9.41. The molecule has 4 rings (SSSR count). The topological polar surface area (TPSA) is 89.9 Å². The van der Waals surface area contributed by atoms with E-state index >= 15 is 0 Å². The van der Waals surface area contributed by atoms with Gasteiger partial charge in [-0.05, 0) is 42.0 Å². The van der Waals surface area contributed by atoms with E-state index in [-0.39, 0.29) is 21.5 Å². The zero-order valence-electron chi connectivity index (χ0n) is 14.2. The van der Waals surface area contributed by atoms with Crippen LogP contribution in [0.15, 0.2) is 59.0 Å². The van der Waals surface area contributed by atoms with Crippen molar-refractivity contribution in [1.82, 2.24) is 0 Å². The van der Waals surface area contributed by atoms with Gasteiger partial charge >= 0.3 is 5.97 Å². The van der Waals surface area contributed by atoms with E-state index in [4.69, 9.17) is 22.1 Å². The summed E-state index contributed by atoms with van der Waals surface area (Å²) >= 11 is 6.42. The van der Waals surface area contributed by atoms with Crippen molar-refractivity contribution in [2.45, 2.75) is 0 Å². The van der Waals surface area contributed by atoms with E-state index in [2.05, 4.69) is 0 Å². The van der Waals surface area contributed by atoms with E-state index in [0.717, 1.165) is 34.7 Å². The third kappa shape index (κ3) is 3.28. The van der Waals surface area contributed by atoms with Crippen LogP contribution in [0.25, 0.3) is 6.08 Å². The summed E-state index contributed by atoms with van der Waals surface area (Å²) in [5.41, 5.74) is 1.65. The number of ether oxygens (including phenoxy) is 1. The Balaban J connectivity index is 1.63. The van der Waals surface area contributed by atoms with Gasteiger partial charge in [-0.3, -0.25) is 9.69 Å². The van der Waals surface area contributed by atoms with Gasteiger partial charge in [0.05, 0.1) is 16.2 Å². The maximum Gasteiger partial charge on any atom is 0.335 e. The molecule has 0 saturated carbocycles. The third-order valence-corrected chi connectivity index (χ3v) is 5.52. The second kappa shape index (κ2) is 7.14. The SMILES string of the molecule is O=C(O)c1ccc(N2C(=O)/C(=C\C3=Cc4ccccc4OC3)SC2=S)cc1[O-]. The Labute approximate surface area is 169 Å². The monoisotopic (exact) mass is 410 g/mol. The number of rotatable bonds is 3. The van der Waals surface area contributed by atoms with Gasteiger partial charge in [-0.25, -0.2) is 4.79 Å². The lowest BCUT2D eigenvalue weighted by atomic mass is 10.1. The maximum atomic E-state index is 12.8. The molecule has 0 bridgehead atoms. The van der Waals surface area contributed by atoms with Crippen LogP contribution in [0.3, 0.4) is 0 Å². The van der Waals surface area contributed by atoms with Crippen LogP contribution >= 0.6 is 24.0 Å². The second-order valence-corrected chi connectivity index (χ2v) is 7.72. The molecule has 2 aromatic carbocycles. The van der Waals surface area contributed by atoms with Gasteiger partial charge in [0.1, 0.15) is 12.4 Å². The smallest absolute Gasteiger partial charge is 0.335 e. The number of carboxylic acid groups (broad SMARTS) is 1. The highest BCUT2D eigenvalue weighted by molar-refractivity contribution is 8.27. The fourth-order valence-electron chi connectivity index (χ4n) is 2.90. The van der Waals surface area contributed by atoms with Gasteiger partial charge < -0.3 is 14.9 Å². The van der Waals surface area contributed by atoms with Crippen molar-refractivity contribution in [2.75, 3.05) is 11.5 Å². The highest BCUT2D eigenvalue weighted by Crippen LogP contribution is 2.37. The lowest BCUT2D eigenvalue weighted by molar-refractivity contribution is -0.268. The minimum atomic E-state index is -1.31. The summed E-state index contributed by atoms with van der Waals surface area (Å²) in [7, 11) is 0. The average molecular weight is 410 g/mol. The van der Waals surface area contributed by atoms with E-state index in [1.54, 1.807) is 6.08 Å². The number of anilines is 1. The zero-order chi connectivity index (χ0) is 19.8. The van der Waals surface area contributed by atoms with Gasteiger partial charge in [0.15, 0.2) is 4.32 Å². The van der Waals surface area contributed by atoms with E-state index in [1.165, 1.54) is 17.0 Å². The van der Waals surface area contributed by atoms with Crippen LogP contribution in [0.1, 0.15) is 15.9 Å². The average Bonchev–Trinajstić information content (AvgIpc) is 2.94. The molecular formula is C20H12NO5S2-. The maximum absolute atomic E-state index is 12.8. The summed E-state index contributed by atoms with van der Waals surface area (Å²) < 4.78 is 5.97. The van der Waals surface area contributed by atoms with Crippen LogP contribution in [0.4, 0.5) is 5.69 Å². The highest BCUT2D eigenvalue weighted by atomic mass is 32.2. The summed E-state index contributed by atoms with van der Waals surface area (Å²) in [4.78, 5) is 25.5. The Bertz CT molecular complexity index is 1090. The largest absolute Gasteiger partial charge is 0.872 e. The molecule has 0 spiro atoms. The highest BCUT2D eigenvalue weighted by Gasteiger charge is 2.33. The van der Waals surface area contributed by atoms with Crippen LogP contribution in [-0.2, 0) is 4.79 Å². The summed E-state index contributed by atoms with van der Waals surface area (Å²) in [5.74, 6) is -1.57. The van der Waals surface area contributed by atoms with Crippen LogP contribution in [-0.4, -0.2) is 27.9 Å². The first-order valence-electron chi connectivity index (χ1n) is 8.19. The fraction of sp³-hybridized carbons (Fsp3) is 0.0500. The molecule has 1 fully saturated rings. The van der Waals surface area contributed by atoms with Crippen LogP contribution < -0.4 is 14.7 Å². The molecule has 8 heteroatoms. The lowest BCUT2D eigenvalue weighted by Gasteiger charge is -2.18. The van der Waals surface area contributed by atoms with Crippen molar-refractivity contribution in [3.8, 4) is 11.5 Å². The molecule has 6 nitrogen and oxygen atoms in total. The predicted molar refractivity (Wildman–Crippen MR) is 109 cm³/mol. The number of amides is 1. The molecule has 2 aliphatic heterocycles. The van der Waals surface area contributed by atoms with Crippen molar-refractivity contribution in [1.29, 1.82) is 0 Å². The minimum Gasteiger partial charge on any atom is -0.872 e. The molecule has 2 heterocycles. The van der Waals surface area contributed by atoms with Gasteiger partial charge in [0.2, 0.25) is 0 Å². The zero-order valence-corrected chi connectivity index (χ0v) is 15.9. The van der Waals surface area contributed by atoms with Crippen LogP contribution in [0.2, 0.25) is 0 Å². The number of thiocarbonyl (C=S) groups is 1. The number of aromatic carboxylic acids is 1. The molecule has 0 radical (unpaired) electrons. The van der Waals surface area contributed by atoms with Crippen LogP contribution in [0, 0.1) is 0 Å². The number of fused-ring (bicyclic) bond motifs is 1. The summed E-state index contributed by atoms with van der Waals surface area (Å²) in [6, 6.07) is 11.3. The quantitative estimate of drug-likeness (QED) is 0.614. The number of para-hydroxylation sites is 1. The lowest BCUT2D eigenvalue weighted by Crippen LogP contribution is -2.27. The molecule has 0 aliphatic carbocycles. The first-order chi connectivity index (χ1) is 13.4. The summed E-state index contributed by atoms with van der Waals surface area (Å²) in [5, 5.41) is 20.9. The molecule has 1 amide bonds. The van der Waals surface area contributed by atoms with Gasteiger partial charge in [-0.1, -0.05) is 47.9 Å². The first kappa shape index (κ1) is 18.3. The Hall–Kier alpha value is -3.10. The molecular weight excluding hydrogens is 398 g/mol. The fourth-order valence-corrected chi connectivity index (χ4v) is 4.22. The molecule has 28 heavy (non-hydrogen) atoms. The van der Waals surface area contributed by atoms with E-state index < -0.39 is 11.7 Å². The molecule has 2 aromatic rings. The molecule has 0 atom stereocenters.